The fourth-order valence-electron chi connectivity index (χ4n) is 2.68. The number of aryl methyl sites for hydroxylation is 1. The zero-order chi connectivity index (χ0) is 17.4. The molecule has 9 heteroatoms. The standard InChI is InChI=1S/C15H23Cl2N2O4P/c16-8-10-19(11-9-17)24(21)18-15(22-20)12-14(23-24)7-6-13-4-2-1-3-5-13/h1-5,14-15,20H,6-12H2,(H,18,21)/t14-,15-,24?/m1/s1. The van der Waals surface area contributed by atoms with Gasteiger partial charge in [0, 0.05) is 18.2 Å². The first-order valence-corrected chi connectivity index (χ1v) is 10.5. The first-order chi connectivity index (χ1) is 11.6. The van der Waals surface area contributed by atoms with Crippen molar-refractivity contribution in [3.8, 4) is 0 Å². The van der Waals surface area contributed by atoms with Crippen molar-refractivity contribution in [2.45, 2.75) is 31.6 Å². The molecule has 1 aliphatic rings. The summed E-state index contributed by atoms with van der Waals surface area (Å²) in [5.41, 5.74) is 1.18. The number of hydrogen-bond acceptors (Lipinski definition) is 6. The van der Waals surface area contributed by atoms with Crippen molar-refractivity contribution >= 4 is 31.2 Å². The number of nitrogens with zero attached hydrogens (tertiary/aromatic N) is 1. The highest BCUT2D eigenvalue weighted by Crippen LogP contribution is 2.55. The minimum atomic E-state index is -3.38. The van der Waals surface area contributed by atoms with Crippen LogP contribution in [-0.4, -0.2) is 47.1 Å². The van der Waals surface area contributed by atoms with Gasteiger partial charge in [0.25, 0.3) is 8.02 Å². The van der Waals surface area contributed by atoms with Crippen molar-refractivity contribution in [3.63, 3.8) is 0 Å². The van der Waals surface area contributed by atoms with Gasteiger partial charge in [-0.2, -0.15) is 0 Å². The summed E-state index contributed by atoms with van der Waals surface area (Å²) in [5, 5.41) is 11.8. The van der Waals surface area contributed by atoms with Gasteiger partial charge in [0.1, 0.15) is 6.10 Å². The lowest BCUT2D eigenvalue weighted by atomic mass is 10.0. The second-order valence-corrected chi connectivity index (χ2v) is 8.39. The minimum Gasteiger partial charge on any atom is -0.626 e. The van der Waals surface area contributed by atoms with Gasteiger partial charge in [-0.15, -0.1) is 33.0 Å². The van der Waals surface area contributed by atoms with Crippen LogP contribution in [0, 0.1) is 0 Å². The lowest BCUT2D eigenvalue weighted by Crippen LogP contribution is -2.52. The van der Waals surface area contributed by atoms with Gasteiger partial charge in [-0.1, -0.05) is 30.3 Å². The fourth-order valence-corrected chi connectivity index (χ4v) is 5.52. The van der Waals surface area contributed by atoms with Gasteiger partial charge < -0.3 is 4.89 Å². The summed E-state index contributed by atoms with van der Waals surface area (Å²) in [5.74, 6) is 0.594. The van der Waals surface area contributed by atoms with Crippen LogP contribution in [0.4, 0.5) is 0 Å². The molecule has 0 bridgehead atoms. The van der Waals surface area contributed by atoms with Crippen molar-refractivity contribution in [3.05, 3.63) is 35.9 Å². The highest BCUT2D eigenvalue weighted by Gasteiger charge is 2.46. The van der Waals surface area contributed by atoms with Gasteiger partial charge in [-0.05, 0) is 18.4 Å². The molecule has 1 aromatic carbocycles. The van der Waals surface area contributed by atoms with E-state index in [0.717, 1.165) is 6.42 Å². The third-order valence-electron chi connectivity index (χ3n) is 3.86. The molecule has 3 atom stereocenters. The number of halogens is 2. The topological polar surface area (TPSA) is 77.0 Å². The molecule has 6 nitrogen and oxygen atoms in total. The largest absolute Gasteiger partial charge is 0.626 e. The number of alkyl halides is 2. The van der Waals surface area contributed by atoms with Crippen LogP contribution in [0.3, 0.4) is 0 Å². The van der Waals surface area contributed by atoms with E-state index in [0.29, 0.717) is 37.7 Å². The van der Waals surface area contributed by atoms with E-state index in [9.17, 15) is 4.89 Å². The molecular weight excluding hydrogens is 374 g/mol. The summed E-state index contributed by atoms with van der Waals surface area (Å²) in [4.78, 5) is 17.6. The molecule has 2 N–H and O–H groups in total. The maximum atomic E-state index is 13.2. The molecule has 1 fully saturated rings. The van der Waals surface area contributed by atoms with Crippen molar-refractivity contribution in [2.24, 2.45) is 0 Å². The Morgan fingerprint density at radius 1 is 1.29 bits per heavy atom. The quantitative estimate of drug-likeness (QED) is 0.289. The van der Waals surface area contributed by atoms with Crippen LogP contribution in [0.2, 0.25) is 0 Å². The second-order valence-electron chi connectivity index (χ2n) is 5.56. The minimum absolute atomic E-state index is 0.297. The van der Waals surface area contributed by atoms with E-state index >= 15 is 0 Å². The smallest absolute Gasteiger partial charge is 0.253 e. The predicted molar refractivity (Wildman–Crippen MR) is 94.8 cm³/mol. The van der Waals surface area contributed by atoms with E-state index in [1.54, 1.807) is 4.67 Å². The van der Waals surface area contributed by atoms with Crippen molar-refractivity contribution in [2.75, 3.05) is 24.8 Å². The highest BCUT2D eigenvalue weighted by atomic mass is 35.5. The molecule has 0 spiro atoms. The third-order valence-corrected chi connectivity index (χ3v) is 6.54. The van der Waals surface area contributed by atoms with E-state index in [1.165, 1.54) is 5.56 Å². The van der Waals surface area contributed by atoms with Crippen LogP contribution in [0.15, 0.2) is 30.3 Å². The zero-order valence-corrected chi connectivity index (χ0v) is 15.7. The van der Waals surface area contributed by atoms with E-state index in [-0.39, 0.29) is 6.10 Å². The van der Waals surface area contributed by atoms with E-state index in [1.807, 2.05) is 30.3 Å². The maximum absolute atomic E-state index is 13.2. The lowest BCUT2D eigenvalue weighted by molar-refractivity contribution is -0.302. The Morgan fingerprint density at radius 2 is 1.96 bits per heavy atom. The summed E-state index contributed by atoms with van der Waals surface area (Å²) >= 11 is 11.6. The summed E-state index contributed by atoms with van der Waals surface area (Å²) in [6.07, 6.45) is 0.809. The Hall–Kier alpha value is -0.0100. The van der Waals surface area contributed by atoms with Gasteiger partial charge >= 0.3 is 0 Å². The Morgan fingerprint density at radius 3 is 2.54 bits per heavy atom. The molecular formula is C15H23Cl2N2O4P. The summed E-state index contributed by atoms with van der Waals surface area (Å²) in [7, 11) is -3.38. The Bertz CT molecular complexity index is 482. The van der Waals surface area contributed by atoms with Gasteiger partial charge in [0.15, 0.2) is 6.23 Å². The number of hydrogen-bond donors (Lipinski definition) is 2. The first-order valence-electron chi connectivity index (χ1n) is 7.89. The fraction of sp³-hybridized carbons (Fsp3) is 0.600. The molecule has 0 aliphatic carbocycles. The van der Waals surface area contributed by atoms with Crippen molar-refractivity contribution in [1.29, 1.82) is 0 Å². The average molecular weight is 397 g/mol. The van der Waals surface area contributed by atoms with E-state index in [2.05, 4.69) is 9.97 Å². The Kier molecular flexibility index (Phi) is 8.64. The molecule has 0 radical (unpaired) electrons. The molecule has 1 saturated heterocycles. The summed E-state index contributed by atoms with van der Waals surface area (Å²) in [6, 6.07) is 9.99. The van der Waals surface area contributed by atoms with Crippen LogP contribution in [0.5, 0.6) is 0 Å². The first kappa shape index (κ1) is 20.3. The van der Waals surface area contributed by atoms with E-state index in [4.69, 9.17) is 33.0 Å². The molecule has 136 valence electrons. The van der Waals surface area contributed by atoms with Crippen LogP contribution in [0.25, 0.3) is 0 Å². The normalized spacial score (nSPS) is 27.5. The SMILES string of the molecule is [O-][P+]1(N(CCCl)CCCl)N[C@H](OO)C[C@@H](CCc2ccccc2)O1. The van der Waals surface area contributed by atoms with Crippen LogP contribution in [-0.2, 0) is 15.8 Å². The summed E-state index contributed by atoms with van der Waals surface area (Å²) < 4.78 is 7.45. The monoisotopic (exact) mass is 396 g/mol. The molecule has 24 heavy (non-hydrogen) atoms. The van der Waals surface area contributed by atoms with Gasteiger partial charge in [-0.25, -0.2) is 9.41 Å². The van der Waals surface area contributed by atoms with Crippen LogP contribution < -0.4 is 9.98 Å². The number of rotatable bonds is 9. The number of benzene rings is 1. The molecule has 0 amide bonds. The molecule has 0 aromatic heterocycles. The second kappa shape index (κ2) is 10.2. The van der Waals surface area contributed by atoms with Crippen LogP contribution in [0.1, 0.15) is 18.4 Å². The molecule has 1 aliphatic heterocycles. The molecule has 0 saturated carbocycles. The molecule has 1 aromatic rings. The summed E-state index contributed by atoms with van der Waals surface area (Å²) in [6.45, 7) is 0.726. The molecule has 1 heterocycles. The third kappa shape index (κ3) is 5.77. The molecule has 2 rings (SSSR count). The Balaban J connectivity index is 2.03. The van der Waals surface area contributed by atoms with Crippen molar-refractivity contribution < 1.29 is 19.6 Å². The zero-order valence-electron chi connectivity index (χ0n) is 13.3. The van der Waals surface area contributed by atoms with Gasteiger partial charge in [0.05, 0.1) is 13.1 Å². The maximum Gasteiger partial charge on any atom is 0.253 e. The van der Waals surface area contributed by atoms with Gasteiger partial charge in [0.2, 0.25) is 0 Å². The van der Waals surface area contributed by atoms with Gasteiger partial charge in [-0.3, -0.25) is 5.26 Å². The van der Waals surface area contributed by atoms with E-state index < -0.39 is 14.2 Å². The van der Waals surface area contributed by atoms with Crippen LogP contribution >= 0.6 is 31.2 Å². The average Bonchev–Trinajstić information content (AvgIpc) is 2.60. The highest BCUT2D eigenvalue weighted by molar-refractivity contribution is 7.59. The number of nitrogens with one attached hydrogen (secondary N) is 1. The molecule has 1 unspecified atom stereocenters. The Labute approximate surface area is 153 Å². The lowest BCUT2D eigenvalue weighted by Gasteiger charge is -2.44. The predicted octanol–water partition coefficient (Wildman–Crippen LogP) is 2.63. The van der Waals surface area contributed by atoms with Crippen molar-refractivity contribution in [1.82, 2.24) is 9.76 Å².